The summed E-state index contributed by atoms with van der Waals surface area (Å²) in [6.45, 7) is 2.25. The first-order valence-electron chi connectivity index (χ1n) is 3.63. The lowest BCUT2D eigenvalue weighted by Gasteiger charge is -2.09. The van der Waals surface area contributed by atoms with E-state index in [1.807, 2.05) is 0 Å². The summed E-state index contributed by atoms with van der Waals surface area (Å²) in [7, 11) is -0.209. The molecular weight excluding hydrogens is 147 g/mol. The molecule has 1 rings (SSSR count). The lowest BCUT2D eigenvalue weighted by molar-refractivity contribution is -0.115. The molecule has 1 N–H and O–H groups in total. The number of carbonyl (C=O) groups excluding carboxylic acids is 1. The smallest absolute Gasteiger partial charge is 0.409 e. The van der Waals surface area contributed by atoms with Crippen LogP contribution in [-0.4, -0.2) is 37.3 Å². The SMILES string of the molecule is CB1OCC(C[C@@H](O)C=O)O1. The molecule has 0 aromatic heterocycles. The van der Waals surface area contributed by atoms with Crippen LogP contribution in [0.4, 0.5) is 0 Å². The van der Waals surface area contributed by atoms with E-state index < -0.39 is 6.10 Å². The molecule has 0 aromatic rings. The van der Waals surface area contributed by atoms with Gasteiger partial charge in [0.15, 0.2) is 0 Å². The summed E-state index contributed by atoms with van der Waals surface area (Å²) in [4.78, 5) is 10.0. The van der Waals surface area contributed by atoms with Gasteiger partial charge in [0.2, 0.25) is 0 Å². The lowest BCUT2D eigenvalue weighted by Crippen LogP contribution is -2.21. The van der Waals surface area contributed by atoms with Gasteiger partial charge in [0, 0.05) is 6.42 Å². The average molecular weight is 158 g/mol. The Balaban J connectivity index is 2.22. The van der Waals surface area contributed by atoms with Crippen LogP contribution in [0.2, 0.25) is 6.82 Å². The predicted octanol–water partition coefficient (Wildman–Crippen LogP) is -0.530. The summed E-state index contributed by atoms with van der Waals surface area (Å²) in [5, 5.41) is 8.90. The summed E-state index contributed by atoms with van der Waals surface area (Å²) in [5.41, 5.74) is 0. The molecule has 0 aromatic carbocycles. The third-order valence-electron chi connectivity index (χ3n) is 1.56. The van der Waals surface area contributed by atoms with Crippen LogP contribution in [0.5, 0.6) is 0 Å². The van der Waals surface area contributed by atoms with Gasteiger partial charge in [0.25, 0.3) is 0 Å². The fourth-order valence-corrected chi connectivity index (χ4v) is 1.04. The monoisotopic (exact) mass is 158 g/mol. The molecule has 4 nitrogen and oxygen atoms in total. The Morgan fingerprint density at radius 1 is 1.91 bits per heavy atom. The van der Waals surface area contributed by atoms with E-state index in [9.17, 15) is 4.79 Å². The molecule has 0 amide bonds. The molecule has 11 heavy (non-hydrogen) atoms. The van der Waals surface area contributed by atoms with Crippen molar-refractivity contribution in [2.75, 3.05) is 6.61 Å². The van der Waals surface area contributed by atoms with Gasteiger partial charge in [-0.15, -0.1) is 0 Å². The van der Waals surface area contributed by atoms with E-state index in [1.165, 1.54) is 0 Å². The molecular formula is C6H11BO4. The molecule has 0 spiro atoms. The quantitative estimate of drug-likeness (QED) is 0.443. The fourth-order valence-electron chi connectivity index (χ4n) is 1.04. The second-order valence-electron chi connectivity index (χ2n) is 2.60. The molecule has 1 aliphatic heterocycles. The zero-order valence-corrected chi connectivity index (χ0v) is 6.40. The van der Waals surface area contributed by atoms with Crippen LogP contribution in [0.25, 0.3) is 0 Å². The molecule has 1 saturated heterocycles. The van der Waals surface area contributed by atoms with E-state index in [-0.39, 0.29) is 13.2 Å². The highest BCUT2D eigenvalue weighted by Gasteiger charge is 2.27. The van der Waals surface area contributed by atoms with E-state index >= 15 is 0 Å². The standard InChI is InChI=1S/C6H11BO4/c1-7-10-4-6(11-7)2-5(9)3-8/h3,5-6,9H,2,4H2,1H3/t5-,6?/m1/s1. The fraction of sp³-hybridized carbons (Fsp3) is 0.833. The third-order valence-corrected chi connectivity index (χ3v) is 1.56. The number of hydrogen-bond donors (Lipinski definition) is 1. The molecule has 0 aliphatic carbocycles. The predicted molar refractivity (Wildman–Crippen MR) is 39.1 cm³/mol. The average Bonchev–Trinajstić information content (AvgIpc) is 2.35. The van der Waals surface area contributed by atoms with Gasteiger partial charge in [0.1, 0.15) is 12.4 Å². The largest absolute Gasteiger partial charge is 0.453 e. The highest BCUT2D eigenvalue weighted by atomic mass is 16.6. The first-order valence-corrected chi connectivity index (χ1v) is 3.63. The van der Waals surface area contributed by atoms with Crippen LogP contribution in [0.1, 0.15) is 6.42 Å². The molecule has 0 saturated carbocycles. The lowest BCUT2D eigenvalue weighted by atomic mass is 9.97. The Morgan fingerprint density at radius 2 is 2.64 bits per heavy atom. The van der Waals surface area contributed by atoms with Gasteiger partial charge >= 0.3 is 7.12 Å². The van der Waals surface area contributed by atoms with Gasteiger partial charge in [-0.25, -0.2) is 0 Å². The number of aliphatic hydroxyl groups excluding tert-OH is 1. The van der Waals surface area contributed by atoms with Crippen molar-refractivity contribution in [3.05, 3.63) is 0 Å². The summed E-state index contributed by atoms with van der Waals surface area (Å²) in [6, 6.07) is 0. The maximum Gasteiger partial charge on any atom is 0.453 e. The molecule has 5 heteroatoms. The topological polar surface area (TPSA) is 55.8 Å². The Morgan fingerprint density at radius 3 is 3.09 bits per heavy atom. The second kappa shape index (κ2) is 3.85. The molecule has 0 bridgehead atoms. The minimum absolute atomic E-state index is 0.134. The van der Waals surface area contributed by atoms with E-state index in [0.717, 1.165) is 0 Å². The minimum atomic E-state index is -0.922. The number of carbonyl (C=O) groups is 1. The maximum atomic E-state index is 10.0. The number of hydrogen-bond acceptors (Lipinski definition) is 4. The number of rotatable bonds is 3. The van der Waals surface area contributed by atoms with Crippen LogP contribution < -0.4 is 0 Å². The van der Waals surface area contributed by atoms with Crippen molar-refractivity contribution in [2.24, 2.45) is 0 Å². The molecule has 0 radical (unpaired) electrons. The van der Waals surface area contributed by atoms with Crippen molar-refractivity contribution in [1.29, 1.82) is 0 Å². The molecule has 62 valence electrons. The zero-order chi connectivity index (χ0) is 8.27. The second-order valence-corrected chi connectivity index (χ2v) is 2.60. The van der Waals surface area contributed by atoms with E-state index in [1.54, 1.807) is 6.82 Å². The molecule has 1 fully saturated rings. The maximum absolute atomic E-state index is 10.0. The Bertz CT molecular complexity index is 141. The van der Waals surface area contributed by atoms with Gasteiger partial charge in [-0.05, 0) is 6.82 Å². The Labute approximate surface area is 65.6 Å². The first-order chi connectivity index (χ1) is 5.22. The summed E-state index contributed by atoms with van der Waals surface area (Å²) >= 11 is 0. The van der Waals surface area contributed by atoms with Crippen molar-refractivity contribution in [3.63, 3.8) is 0 Å². The Hall–Kier alpha value is -0.385. The third kappa shape index (κ3) is 2.61. The van der Waals surface area contributed by atoms with Gasteiger partial charge in [-0.1, -0.05) is 0 Å². The normalized spacial score (nSPS) is 27.1. The minimum Gasteiger partial charge on any atom is -0.409 e. The highest BCUT2D eigenvalue weighted by Crippen LogP contribution is 2.12. The van der Waals surface area contributed by atoms with Crippen LogP contribution in [0, 0.1) is 0 Å². The highest BCUT2D eigenvalue weighted by molar-refractivity contribution is 6.43. The first kappa shape index (κ1) is 8.71. The Kier molecular flexibility index (Phi) is 3.05. The van der Waals surface area contributed by atoms with Crippen molar-refractivity contribution < 1.29 is 19.2 Å². The van der Waals surface area contributed by atoms with Crippen molar-refractivity contribution in [2.45, 2.75) is 25.5 Å². The van der Waals surface area contributed by atoms with E-state index in [2.05, 4.69) is 0 Å². The van der Waals surface area contributed by atoms with Crippen molar-refractivity contribution in [3.8, 4) is 0 Å². The van der Waals surface area contributed by atoms with Crippen molar-refractivity contribution in [1.82, 2.24) is 0 Å². The van der Waals surface area contributed by atoms with Crippen LogP contribution in [-0.2, 0) is 14.1 Å². The van der Waals surface area contributed by atoms with Gasteiger partial charge in [-0.2, -0.15) is 0 Å². The van der Waals surface area contributed by atoms with Gasteiger partial charge in [-0.3, -0.25) is 0 Å². The van der Waals surface area contributed by atoms with Crippen LogP contribution in [0.3, 0.4) is 0 Å². The molecule has 1 heterocycles. The number of aldehydes is 1. The summed E-state index contributed by atoms with van der Waals surface area (Å²) < 4.78 is 10.3. The summed E-state index contributed by atoms with van der Waals surface area (Å²) in [5.74, 6) is 0. The molecule has 1 aliphatic rings. The number of aliphatic hydroxyl groups is 1. The zero-order valence-electron chi connectivity index (χ0n) is 6.40. The van der Waals surface area contributed by atoms with E-state index in [0.29, 0.717) is 19.3 Å². The van der Waals surface area contributed by atoms with Gasteiger partial charge in [0.05, 0.1) is 12.7 Å². The summed E-state index contributed by atoms with van der Waals surface area (Å²) in [6.07, 6.45) is -0.223. The molecule has 1 unspecified atom stereocenters. The van der Waals surface area contributed by atoms with Crippen LogP contribution >= 0.6 is 0 Å². The van der Waals surface area contributed by atoms with Crippen LogP contribution in [0.15, 0.2) is 0 Å². The molecule has 2 atom stereocenters. The van der Waals surface area contributed by atoms with Crippen molar-refractivity contribution >= 4 is 13.4 Å². The van der Waals surface area contributed by atoms with E-state index in [4.69, 9.17) is 14.4 Å². The van der Waals surface area contributed by atoms with Gasteiger partial charge < -0.3 is 19.2 Å².